The second-order valence-electron chi connectivity index (χ2n) is 5.17. The molecule has 0 saturated heterocycles. The first-order chi connectivity index (χ1) is 5.75. The van der Waals surface area contributed by atoms with Crippen LogP contribution in [0.15, 0.2) is 5.38 Å². The standard InChI is InChI=1S/C10H19NSSi/c1-8-7-12-9(11-8)13(5,6)10(2,3)4/h7H,1-6H3. The van der Waals surface area contributed by atoms with Crippen molar-refractivity contribution in [3.05, 3.63) is 11.1 Å². The molecule has 0 N–H and O–H groups in total. The van der Waals surface area contributed by atoms with Crippen molar-refractivity contribution in [1.29, 1.82) is 0 Å². The van der Waals surface area contributed by atoms with Crippen LogP contribution in [0.3, 0.4) is 0 Å². The maximum atomic E-state index is 4.63. The van der Waals surface area contributed by atoms with E-state index in [2.05, 4.69) is 51.2 Å². The molecule has 1 aromatic heterocycles. The second kappa shape index (κ2) is 3.21. The summed E-state index contributed by atoms with van der Waals surface area (Å²) in [4.78, 5) is 4.63. The Balaban J connectivity index is 3.07. The topological polar surface area (TPSA) is 12.9 Å². The minimum Gasteiger partial charge on any atom is -0.252 e. The van der Waals surface area contributed by atoms with Gasteiger partial charge in [-0.3, -0.25) is 4.98 Å². The summed E-state index contributed by atoms with van der Waals surface area (Å²) in [5, 5.41) is 2.56. The third kappa shape index (κ3) is 2.02. The van der Waals surface area contributed by atoms with Gasteiger partial charge >= 0.3 is 0 Å². The fraction of sp³-hybridized carbons (Fsp3) is 0.700. The van der Waals surface area contributed by atoms with E-state index in [0.29, 0.717) is 5.04 Å². The molecule has 0 aliphatic rings. The average Bonchev–Trinajstić information content (AvgIpc) is 2.33. The Morgan fingerprint density at radius 3 is 2.15 bits per heavy atom. The highest BCUT2D eigenvalue weighted by atomic mass is 32.1. The largest absolute Gasteiger partial charge is 0.252 e. The molecule has 0 unspecified atom stereocenters. The zero-order valence-electron chi connectivity index (χ0n) is 9.43. The van der Waals surface area contributed by atoms with E-state index < -0.39 is 8.07 Å². The van der Waals surface area contributed by atoms with E-state index in [4.69, 9.17) is 0 Å². The summed E-state index contributed by atoms with van der Waals surface area (Å²) < 4.78 is 1.39. The lowest BCUT2D eigenvalue weighted by Gasteiger charge is -2.34. The summed E-state index contributed by atoms with van der Waals surface area (Å²) in [6.45, 7) is 13.9. The maximum Gasteiger partial charge on any atom is 0.123 e. The molecule has 1 nitrogen and oxygen atoms in total. The van der Waals surface area contributed by atoms with Crippen molar-refractivity contribution < 1.29 is 0 Å². The molecule has 0 spiro atoms. The number of hydrogen-bond acceptors (Lipinski definition) is 2. The predicted octanol–water partition coefficient (Wildman–Crippen LogP) is 3.17. The maximum absolute atomic E-state index is 4.63. The fourth-order valence-corrected chi connectivity index (χ4v) is 4.86. The zero-order valence-corrected chi connectivity index (χ0v) is 11.2. The van der Waals surface area contributed by atoms with Crippen molar-refractivity contribution in [3.63, 3.8) is 0 Å². The lowest BCUT2D eigenvalue weighted by Crippen LogP contribution is -2.49. The average molecular weight is 213 g/mol. The van der Waals surface area contributed by atoms with Gasteiger partial charge in [-0.25, -0.2) is 0 Å². The van der Waals surface area contributed by atoms with Crippen LogP contribution in [-0.2, 0) is 0 Å². The molecule has 0 atom stereocenters. The molecule has 0 saturated carbocycles. The van der Waals surface area contributed by atoms with Gasteiger partial charge in [0.25, 0.3) is 0 Å². The summed E-state index contributed by atoms with van der Waals surface area (Å²) in [6.07, 6.45) is 0. The quantitative estimate of drug-likeness (QED) is 0.653. The molecule has 13 heavy (non-hydrogen) atoms. The molecule has 0 aromatic carbocycles. The highest BCUT2D eigenvalue weighted by molar-refractivity contribution is 7.25. The van der Waals surface area contributed by atoms with Crippen LogP contribution in [0, 0.1) is 6.92 Å². The van der Waals surface area contributed by atoms with E-state index in [1.54, 1.807) is 0 Å². The number of aryl methyl sites for hydroxylation is 1. The monoisotopic (exact) mass is 213 g/mol. The third-order valence-corrected chi connectivity index (χ3v) is 10.6. The molecule has 1 aromatic rings. The molecule has 0 radical (unpaired) electrons. The Bertz CT molecular complexity index is 296. The number of nitrogens with zero attached hydrogens (tertiary/aromatic N) is 1. The van der Waals surface area contributed by atoms with Gasteiger partial charge in [-0.15, -0.1) is 11.3 Å². The minimum atomic E-state index is -1.35. The molecule has 1 heterocycles. The molecule has 3 heteroatoms. The Morgan fingerprint density at radius 1 is 1.31 bits per heavy atom. The normalized spacial score (nSPS) is 13.4. The van der Waals surface area contributed by atoms with Crippen LogP contribution in [0.1, 0.15) is 26.5 Å². The summed E-state index contributed by atoms with van der Waals surface area (Å²) in [7, 11) is -1.35. The molecule has 0 fully saturated rings. The Kier molecular flexibility index (Phi) is 2.70. The van der Waals surface area contributed by atoms with E-state index in [9.17, 15) is 0 Å². The van der Waals surface area contributed by atoms with E-state index in [0.717, 1.165) is 0 Å². The van der Waals surface area contributed by atoms with Gasteiger partial charge in [-0.1, -0.05) is 33.9 Å². The molecule has 0 aliphatic heterocycles. The minimum absolute atomic E-state index is 0.400. The van der Waals surface area contributed by atoms with Gasteiger partial charge in [0, 0.05) is 11.1 Å². The number of rotatable bonds is 1. The molecule has 1 rings (SSSR count). The number of thiazole rings is 1. The number of aromatic nitrogens is 1. The smallest absolute Gasteiger partial charge is 0.123 e. The van der Waals surface area contributed by atoms with Gasteiger partial charge in [-0.2, -0.15) is 0 Å². The summed E-state index contributed by atoms with van der Waals surface area (Å²) in [5.74, 6) is 0. The van der Waals surface area contributed by atoms with Crippen molar-refractivity contribution in [2.24, 2.45) is 0 Å². The van der Waals surface area contributed by atoms with Crippen molar-refractivity contribution in [3.8, 4) is 0 Å². The summed E-state index contributed by atoms with van der Waals surface area (Å²) >= 11 is 1.83. The third-order valence-electron chi connectivity index (χ3n) is 3.03. The number of hydrogen-bond donors (Lipinski definition) is 0. The van der Waals surface area contributed by atoms with E-state index in [1.165, 1.54) is 10.3 Å². The van der Waals surface area contributed by atoms with Crippen molar-refractivity contribution in [1.82, 2.24) is 4.98 Å². The van der Waals surface area contributed by atoms with Crippen molar-refractivity contribution in [2.75, 3.05) is 0 Å². The Hall–Kier alpha value is -0.153. The van der Waals surface area contributed by atoms with Gasteiger partial charge < -0.3 is 0 Å². The van der Waals surface area contributed by atoms with E-state index in [-0.39, 0.29) is 0 Å². The molecule has 0 bridgehead atoms. The Labute approximate surface area is 86.2 Å². The second-order valence-corrected chi connectivity index (χ2v) is 11.6. The summed E-state index contributed by atoms with van der Waals surface area (Å²) in [5.41, 5.74) is 1.17. The van der Waals surface area contributed by atoms with Crippen LogP contribution in [0.25, 0.3) is 0 Å². The van der Waals surface area contributed by atoms with Gasteiger partial charge in [0.2, 0.25) is 0 Å². The Morgan fingerprint density at radius 2 is 1.85 bits per heavy atom. The van der Waals surface area contributed by atoms with E-state index in [1.807, 2.05) is 11.3 Å². The van der Waals surface area contributed by atoms with Gasteiger partial charge in [0.1, 0.15) is 8.07 Å². The van der Waals surface area contributed by atoms with Crippen molar-refractivity contribution in [2.45, 2.75) is 45.8 Å². The zero-order chi connectivity index (χ0) is 10.3. The lowest BCUT2D eigenvalue weighted by atomic mass is 10.2. The van der Waals surface area contributed by atoms with Gasteiger partial charge in [0.05, 0.1) is 4.63 Å². The molecular weight excluding hydrogens is 194 g/mol. The highest BCUT2D eigenvalue weighted by Gasteiger charge is 2.39. The molecular formula is C10H19NSSi. The van der Waals surface area contributed by atoms with Gasteiger partial charge in [0.15, 0.2) is 0 Å². The first kappa shape index (κ1) is 10.9. The van der Waals surface area contributed by atoms with Crippen LogP contribution in [0.5, 0.6) is 0 Å². The van der Waals surface area contributed by atoms with Gasteiger partial charge in [-0.05, 0) is 12.0 Å². The first-order valence-electron chi connectivity index (χ1n) is 4.68. The molecule has 0 aliphatic carbocycles. The highest BCUT2D eigenvalue weighted by Crippen LogP contribution is 2.35. The molecule has 0 amide bonds. The van der Waals surface area contributed by atoms with Crippen LogP contribution in [0.4, 0.5) is 0 Å². The SMILES string of the molecule is Cc1csc([Si](C)(C)C(C)(C)C)n1. The summed E-state index contributed by atoms with van der Waals surface area (Å²) in [6, 6.07) is 0. The van der Waals surface area contributed by atoms with Crippen LogP contribution in [0.2, 0.25) is 18.1 Å². The first-order valence-corrected chi connectivity index (χ1v) is 8.56. The van der Waals surface area contributed by atoms with E-state index >= 15 is 0 Å². The molecule has 74 valence electrons. The fourth-order valence-electron chi connectivity index (χ4n) is 0.962. The predicted molar refractivity (Wildman–Crippen MR) is 63.7 cm³/mol. The van der Waals surface area contributed by atoms with Crippen molar-refractivity contribution >= 4 is 24.0 Å². The van der Waals surface area contributed by atoms with Crippen LogP contribution < -0.4 is 4.63 Å². The lowest BCUT2D eigenvalue weighted by molar-refractivity contribution is 0.729. The van der Waals surface area contributed by atoms with Crippen LogP contribution >= 0.6 is 11.3 Å². The van der Waals surface area contributed by atoms with Crippen LogP contribution in [-0.4, -0.2) is 13.1 Å².